The first-order valence-electron chi connectivity index (χ1n) is 6.86. The van der Waals surface area contributed by atoms with Crippen LogP contribution in [0, 0.1) is 11.3 Å². The van der Waals surface area contributed by atoms with Crippen molar-refractivity contribution in [2.75, 3.05) is 19.6 Å². The van der Waals surface area contributed by atoms with Crippen molar-refractivity contribution in [2.45, 2.75) is 26.3 Å². The Morgan fingerprint density at radius 2 is 1.95 bits per heavy atom. The zero-order valence-corrected chi connectivity index (χ0v) is 14.1. The van der Waals surface area contributed by atoms with Crippen LogP contribution in [0.4, 0.5) is 0 Å². The first kappa shape index (κ1) is 16.8. The third-order valence-corrected chi connectivity index (χ3v) is 3.23. The number of likely N-dealkylation sites (tertiary alicyclic amines) is 1. The van der Waals surface area contributed by atoms with Crippen LogP contribution >= 0.6 is 24.0 Å². The molecule has 0 saturated carbocycles. The van der Waals surface area contributed by atoms with Crippen molar-refractivity contribution in [1.29, 1.82) is 5.26 Å². The number of nitrogens with zero attached hydrogens (tertiary/aromatic N) is 3. The number of hydrogen-bond donors (Lipinski definition) is 1. The van der Waals surface area contributed by atoms with Gasteiger partial charge in [0.2, 0.25) is 0 Å². The number of benzene rings is 1. The van der Waals surface area contributed by atoms with Crippen molar-refractivity contribution in [2.24, 2.45) is 4.99 Å². The van der Waals surface area contributed by atoms with Gasteiger partial charge in [0.1, 0.15) is 0 Å². The molecule has 1 N–H and O–H groups in total. The summed E-state index contributed by atoms with van der Waals surface area (Å²) in [6.07, 6.45) is 2.50. The molecule has 1 fully saturated rings. The molecule has 0 aromatic heterocycles. The van der Waals surface area contributed by atoms with Crippen LogP contribution in [0.1, 0.15) is 30.9 Å². The zero-order chi connectivity index (χ0) is 13.5. The molecule has 0 spiro atoms. The maximum atomic E-state index is 8.77. The quantitative estimate of drug-likeness (QED) is 0.495. The molecule has 0 amide bonds. The van der Waals surface area contributed by atoms with Gasteiger partial charge in [-0.05, 0) is 37.5 Å². The van der Waals surface area contributed by atoms with Crippen LogP contribution in [-0.2, 0) is 6.54 Å². The van der Waals surface area contributed by atoms with Crippen molar-refractivity contribution in [3.63, 3.8) is 0 Å². The first-order chi connectivity index (χ1) is 9.33. The van der Waals surface area contributed by atoms with Gasteiger partial charge in [-0.2, -0.15) is 5.26 Å². The average Bonchev–Trinajstić information content (AvgIpc) is 2.98. The first-order valence-corrected chi connectivity index (χ1v) is 6.86. The van der Waals surface area contributed by atoms with Gasteiger partial charge < -0.3 is 10.2 Å². The van der Waals surface area contributed by atoms with E-state index in [1.165, 1.54) is 12.8 Å². The van der Waals surface area contributed by atoms with E-state index in [0.717, 1.165) is 31.2 Å². The summed E-state index contributed by atoms with van der Waals surface area (Å²) < 4.78 is 0. The molecule has 1 aromatic rings. The van der Waals surface area contributed by atoms with Crippen molar-refractivity contribution in [3.8, 4) is 6.07 Å². The van der Waals surface area contributed by atoms with Crippen LogP contribution < -0.4 is 5.32 Å². The second kappa shape index (κ2) is 8.80. The maximum Gasteiger partial charge on any atom is 0.194 e. The van der Waals surface area contributed by atoms with Crippen molar-refractivity contribution < 1.29 is 0 Å². The minimum atomic E-state index is 0. The van der Waals surface area contributed by atoms with Crippen molar-refractivity contribution in [1.82, 2.24) is 10.2 Å². The highest BCUT2D eigenvalue weighted by atomic mass is 127. The highest BCUT2D eigenvalue weighted by molar-refractivity contribution is 14.0. The highest BCUT2D eigenvalue weighted by Crippen LogP contribution is 2.09. The molecule has 108 valence electrons. The number of aliphatic imine (C=N–C) groups is 1. The molecule has 2 rings (SSSR count). The van der Waals surface area contributed by atoms with Crippen LogP contribution in [-0.4, -0.2) is 30.5 Å². The summed E-state index contributed by atoms with van der Waals surface area (Å²) >= 11 is 0. The fourth-order valence-electron chi connectivity index (χ4n) is 2.21. The van der Waals surface area contributed by atoms with E-state index in [0.29, 0.717) is 12.1 Å². The molecule has 0 atom stereocenters. The number of guanidine groups is 1. The lowest BCUT2D eigenvalue weighted by Gasteiger charge is -2.20. The van der Waals surface area contributed by atoms with E-state index in [-0.39, 0.29) is 24.0 Å². The van der Waals surface area contributed by atoms with E-state index >= 15 is 0 Å². The summed E-state index contributed by atoms with van der Waals surface area (Å²) in [4.78, 5) is 6.98. The molecule has 1 aromatic carbocycles. The molecule has 1 saturated heterocycles. The van der Waals surface area contributed by atoms with Gasteiger partial charge in [-0.1, -0.05) is 12.1 Å². The molecule has 0 aliphatic carbocycles. The molecular formula is C15H21IN4. The maximum absolute atomic E-state index is 8.77. The van der Waals surface area contributed by atoms with Gasteiger partial charge in [0.15, 0.2) is 5.96 Å². The SMILES string of the molecule is CCNC(=NCc1ccc(C#N)cc1)N1CCCC1.I. The molecule has 1 heterocycles. The Hall–Kier alpha value is -1.29. The fourth-order valence-corrected chi connectivity index (χ4v) is 2.21. The number of hydrogen-bond acceptors (Lipinski definition) is 2. The van der Waals surface area contributed by atoms with E-state index in [1.54, 1.807) is 0 Å². The van der Waals surface area contributed by atoms with E-state index in [1.807, 2.05) is 24.3 Å². The second-order valence-electron chi connectivity index (χ2n) is 4.67. The lowest BCUT2D eigenvalue weighted by molar-refractivity contribution is 0.493. The lowest BCUT2D eigenvalue weighted by atomic mass is 10.1. The van der Waals surface area contributed by atoms with Gasteiger partial charge in [-0.15, -0.1) is 24.0 Å². The smallest absolute Gasteiger partial charge is 0.194 e. The van der Waals surface area contributed by atoms with E-state index in [4.69, 9.17) is 5.26 Å². The Bertz CT molecular complexity index is 470. The molecule has 20 heavy (non-hydrogen) atoms. The summed E-state index contributed by atoms with van der Waals surface area (Å²) in [5.74, 6) is 1.00. The fraction of sp³-hybridized carbons (Fsp3) is 0.467. The van der Waals surface area contributed by atoms with Gasteiger partial charge in [-0.25, -0.2) is 4.99 Å². The van der Waals surface area contributed by atoms with Crippen LogP contribution in [0.5, 0.6) is 0 Å². The van der Waals surface area contributed by atoms with Gasteiger partial charge in [0.25, 0.3) is 0 Å². The van der Waals surface area contributed by atoms with Crippen LogP contribution in [0.3, 0.4) is 0 Å². The molecule has 0 unspecified atom stereocenters. The Morgan fingerprint density at radius 1 is 1.30 bits per heavy atom. The number of nitriles is 1. The highest BCUT2D eigenvalue weighted by Gasteiger charge is 2.15. The summed E-state index contributed by atoms with van der Waals surface area (Å²) in [7, 11) is 0. The lowest BCUT2D eigenvalue weighted by Crippen LogP contribution is -2.39. The van der Waals surface area contributed by atoms with E-state index < -0.39 is 0 Å². The monoisotopic (exact) mass is 384 g/mol. The number of rotatable bonds is 3. The normalized spacial score (nSPS) is 14.6. The molecule has 1 aliphatic rings. The van der Waals surface area contributed by atoms with Gasteiger partial charge in [0, 0.05) is 19.6 Å². The predicted molar refractivity (Wildman–Crippen MR) is 92.2 cm³/mol. The van der Waals surface area contributed by atoms with Gasteiger partial charge >= 0.3 is 0 Å². The topological polar surface area (TPSA) is 51.4 Å². The minimum absolute atomic E-state index is 0. The molecule has 5 heteroatoms. The summed E-state index contributed by atoms with van der Waals surface area (Å²) in [6.45, 7) is 5.83. The van der Waals surface area contributed by atoms with Crippen LogP contribution in [0.15, 0.2) is 29.3 Å². The molecule has 0 bridgehead atoms. The average molecular weight is 384 g/mol. The van der Waals surface area contributed by atoms with Crippen molar-refractivity contribution >= 4 is 29.9 Å². The molecular weight excluding hydrogens is 363 g/mol. The third kappa shape index (κ3) is 4.67. The molecule has 0 radical (unpaired) electrons. The number of nitrogens with one attached hydrogen (secondary N) is 1. The van der Waals surface area contributed by atoms with Crippen LogP contribution in [0.2, 0.25) is 0 Å². The van der Waals surface area contributed by atoms with Crippen LogP contribution in [0.25, 0.3) is 0 Å². The third-order valence-electron chi connectivity index (χ3n) is 3.23. The predicted octanol–water partition coefficient (Wildman–Crippen LogP) is 2.74. The van der Waals surface area contributed by atoms with Gasteiger partial charge in [0.05, 0.1) is 18.2 Å². The standard InChI is InChI=1S/C15H20N4.HI/c1-2-17-15(19-9-3-4-10-19)18-12-14-7-5-13(11-16)6-8-14;/h5-8H,2-4,9-10,12H2,1H3,(H,17,18);1H. The summed E-state index contributed by atoms with van der Waals surface area (Å²) in [5.41, 5.74) is 1.83. The molecule has 4 nitrogen and oxygen atoms in total. The minimum Gasteiger partial charge on any atom is -0.357 e. The Kier molecular flexibility index (Phi) is 7.37. The van der Waals surface area contributed by atoms with E-state index in [9.17, 15) is 0 Å². The van der Waals surface area contributed by atoms with Crippen molar-refractivity contribution in [3.05, 3.63) is 35.4 Å². The van der Waals surface area contributed by atoms with E-state index in [2.05, 4.69) is 28.2 Å². The second-order valence-corrected chi connectivity index (χ2v) is 4.67. The molecule has 1 aliphatic heterocycles. The summed E-state index contributed by atoms with van der Waals surface area (Å²) in [6, 6.07) is 9.75. The summed E-state index contributed by atoms with van der Waals surface area (Å²) in [5, 5.41) is 12.1. The Labute approximate surface area is 137 Å². The number of halogens is 1. The van der Waals surface area contributed by atoms with Gasteiger partial charge in [-0.3, -0.25) is 0 Å². The Balaban J connectivity index is 0.00000200. The Morgan fingerprint density at radius 3 is 2.50 bits per heavy atom. The largest absolute Gasteiger partial charge is 0.357 e. The zero-order valence-electron chi connectivity index (χ0n) is 11.8.